The fourth-order valence-electron chi connectivity index (χ4n) is 1.29. The second kappa shape index (κ2) is 8.88. The molecule has 0 rings (SSSR count). The van der Waals surface area contributed by atoms with Gasteiger partial charge in [0.15, 0.2) is 5.41 Å². The first-order valence-corrected chi connectivity index (χ1v) is 5.94. The van der Waals surface area contributed by atoms with E-state index >= 15 is 0 Å². The van der Waals surface area contributed by atoms with Crippen LogP contribution in [0.2, 0.25) is 0 Å². The predicted octanol–water partition coefficient (Wildman–Crippen LogP) is 1.13. The summed E-state index contributed by atoms with van der Waals surface area (Å²) in [6.45, 7) is 5.62. The van der Waals surface area contributed by atoms with Crippen LogP contribution in [0.3, 0.4) is 0 Å². The van der Waals surface area contributed by atoms with Crippen molar-refractivity contribution in [1.29, 1.82) is 0 Å². The first-order chi connectivity index (χ1) is 8.52. The second-order valence-corrected chi connectivity index (χ2v) is 3.84. The van der Waals surface area contributed by atoms with E-state index in [0.29, 0.717) is 0 Å². The van der Waals surface area contributed by atoms with Gasteiger partial charge in [0, 0.05) is 7.11 Å². The minimum absolute atomic E-state index is 0.113. The van der Waals surface area contributed by atoms with Gasteiger partial charge in [-0.1, -0.05) is 0 Å². The molecule has 0 aliphatic heterocycles. The third-order valence-corrected chi connectivity index (χ3v) is 2.40. The van der Waals surface area contributed by atoms with E-state index in [9.17, 15) is 9.59 Å². The van der Waals surface area contributed by atoms with E-state index in [0.717, 1.165) is 0 Å². The van der Waals surface area contributed by atoms with Gasteiger partial charge in [0.2, 0.25) is 0 Å². The molecule has 0 aromatic heterocycles. The Balaban J connectivity index is 4.58. The SMILES string of the molecule is CCOC(=O)C(C)(CCOCOC)C(=O)OCC. The summed E-state index contributed by atoms with van der Waals surface area (Å²) in [7, 11) is 1.50. The molecule has 6 heteroatoms. The van der Waals surface area contributed by atoms with Crippen molar-refractivity contribution in [2.45, 2.75) is 27.2 Å². The summed E-state index contributed by atoms with van der Waals surface area (Å²) in [6, 6.07) is 0. The number of esters is 2. The van der Waals surface area contributed by atoms with Crippen molar-refractivity contribution >= 4 is 11.9 Å². The largest absolute Gasteiger partial charge is 0.465 e. The summed E-state index contributed by atoms with van der Waals surface area (Å²) in [6.07, 6.45) is 0.189. The molecule has 0 aliphatic rings. The van der Waals surface area contributed by atoms with E-state index in [1.54, 1.807) is 13.8 Å². The smallest absolute Gasteiger partial charge is 0.323 e. The molecule has 0 saturated heterocycles. The number of rotatable bonds is 9. The van der Waals surface area contributed by atoms with Gasteiger partial charge in [-0.25, -0.2) is 0 Å². The van der Waals surface area contributed by atoms with Gasteiger partial charge < -0.3 is 18.9 Å². The van der Waals surface area contributed by atoms with Crippen molar-refractivity contribution in [2.75, 3.05) is 33.7 Å². The van der Waals surface area contributed by atoms with Crippen molar-refractivity contribution in [3.63, 3.8) is 0 Å². The Bertz CT molecular complexity index is 245. The first kappa shape index (κ1) is 16.9. The number of ether oxygens (including phenoxy) is 4. The second-order valence-electron chi connectivity index (χ2n) is 3.84. The van der Waals surface area contributed by atoms with Crippen LogP contribution in [0.5, 0.6) is 0 Å². The molecule has 106 valence electrons. The van der Waals surface area contributed by atoms with E-state index in [1.807, 2.05) is 0 Å². The van der Waals surface area contributed by atoms with Crippen LogP contribution in [-0.2, 0) is 28.5 Å². The van der Waals surface area contributed by atoms with E-state index in [4.69, 9.17) is 18.9 Å². The lowest BCUT2D eigenvalue weighted by Crippen LogP contribution is -2.40. The minimum atomic E-state index is -1.33. The number of hydrogen-bond acceptors (Lipinski definition) is 6. The highest BCUT2D eigenvalue weighted by Gasteiger charge is 2.43. The molecule has 0 bridgehead atoms. The Morgan fingerprint density at radius 2 is 1.56 bits per heavy atom. The van der Waals surface area contributed by atoms with Crippen molar-refractivity contribution in [1.82, 2.24) is 0 Å². The Morgan fingerprint density at radius 3 is 1.94 bits per heavy atom. The molecule has 0 unspecified atom stereocenters. The van der Waals surface area contributed by atoms with Crippen LogP contribution < -0.4 is 0 Å². The first-order valence-electron chi connectivity index (χ1n) is 5.94. The maximum absolute atomic E-state index is 11.8. The molecule has 0 radical (unpaired) electrons. The van der Waals surface area contributed by atoms with Gasteiger partial charge in [0.25, 0.3) is 0 Å². The van der Waals surface area contributed by atoms with E-state index < -0.39 is 17.4 Å². The van der Waals surface area contributed by atoms with Crippen molar-refractivity contribution < 1.29 is 28.5 Å². The number of carbonyl (C=O) groups excluding carboxylic acids is 2. The van der Waals surface area contributed by atoms with Gasteiger partial charge in [-0.15, -0.1) is 0 Å². The maximum atomic E-state index is 11.8. The Morgan fingerprint density at radius 1 is 1.06 bits per heavy atom. The molecular weight excluding hydrogens is 240 g/mol. The third-order valence-electron chi connectivity index (χ3n) is 2.40. The van der Waals surface area contributed by atoms with Gasteiger partial charge in [0.1, 0.15) is 6.79 Å². The third kappa shape index (κ3) is 5.01. The Labute approximate surface area is 108 Å². The fourth-order valence-corrected chi connectivity index (χ4v) is 1.29. The summed E-state index contributed by atoms with van der Waals surface area (Å²) in [4.78, 5) is 23.7. The van der Waals surface area contributed by atoms with Crippen molar-refractivity contribution in [3.8, 4) is 0 Å². The summed E-state index contributed by atoms with van der Waals surface area (Å²) in [5.74, 6) is -1.19. The van der Waals surface area contributed by atoms with Crippen LogP contribution in [0.15, 0.2) is 0 Å². The lowest BCUT2D eigenvalue weighted by molar-refractivity contribution is -0.172. The van der Waals surface area contributed by atoms with Gasteiger partial charge in [-0.3, -0.25) is 9.59 Å². The molecule has 0 atom stereocenters. The number of hydrogen-bond donors (Lipinski definition) is 0. The maximum Gasteiger partial charge on any atom is 0.323 e. The average Bonchev–Trinajstić information content (AvgIpc) is 2.35. The molecule has 6 nitrogen and oxygen atoms in total. The molecule has 0 saturated carbocycles. The van der Waals surface area contributed by atoms with Crippen LogP contribution in [0.1, 0.15) is 27.2 Å². The molecule has 0 spiro atoms. The summed E-state index contributed by atoms with van der Waals surface area (Å²) in [5.41, 5.74) is -1.33. The molecule has 18 heavy (non-hydrogen) atoms. The zero-order valence-corrected chi connectivity index (χ0v) is 11.5. The topological polar surface area (TPSA) is 71.1 Å². The molecule has 0 aromatic carbocycles. The van der Waals surface area contributed by atoms with Gasteiger partial charge in [-0.2, -0.15) is 0 Å². The van der Waals surface area contributed by atoms with Crippen LogP contribution in [0.25, 0.3) is 0 Å². The number of methoxy groups -OCH3 is 1. The molecular formula is C12H22O6. The molecule has 0 amide bonds. The standard InChI is InChI=1S/C12H22O6/c1-5-17-10(13)12(3,11(14)18-6-2)7-8-16-9-15-4/h5-9H2,1-4H3. The molecule has 0 N–H and O–H groups in total. The summed E-state index contributed by atoms with van der Waals surface area (Å²) >= 11 is 0. The number of carbonyl (C=O) groups is 2. The minimum Gasteiger partial charge on any atom is -0.465 e. The fraction of sp³-hybridized carbons (Fsp3) is 0.833. The van der Waals surface area contributed by atoms with Crippen LogP contribution in [0.4, 0.5) is 0 Å². The highest BCUT2D eigenvalue weighted by Crippen LogP contribution is 2.25. The van der Waals surface area contributed by atoms with Crippen LogP contribution >= 0.6 is 0 Å². The zero-order chi connectivity index (χ0) is 14.0. The van der Waals surface area contributed by atoms with Crippen molar-refractivity contribution in [3.05, 3.63) is 0 Å². The van der Waals surface area contributed by atoms with Crippen molar-refractivity contribution in [2.24, 2.45) is 5.41 Å². The summed E-state index contributed by atoms with van der Waals surface area (Å²) < 4.78 is 19.6. The van der Waals surface area contributed by atoms with E-state index in [-0.39, 0.29) is 33.0 Å². The Hall–Kier alpha value is -1.14. The van der Waals surface area contributed by atoms with Crippen LogP contribution in [0, 0.1) is 5.41 Å². The molecule has 0 aliphatic carbocycles. The van der Waals surface area contributed by atoms with Gasteiger partial charge in [-0.05, 0) is 27.2 Å². The van der Waals surface area contributed by atoms with Gasteiger partial charge in [0.05, 0.1) is 19.8 Å². The normalized spacial score (nSPS) is 11.1. The average molecular weight is 262 g/mol. The zero-order valence-electron chi connectivity index (χ0n) is 11.5. The van der Waals surface area contributed by atoms with E-state index in [2.05, 4.69) is 0 Å². The Kier molecular flexibility index (Phi) is 8.32. The van der Waals surface area contributed by atoms with E-state index in [1.165, 1.54) is 14.0 Å². The lowest BCUT2D eigenvalue weighted by atomic mass is 9.87. The quantitative estimate of drug-likeness (QED) is 0.268. The monoisotopic (exact) mass is 262 g/mol. The highest BCUT2D eigenvalue weighted by atomic mass is 16.7. The van der Waals surface area contributed by atoms with Gasteiger partial charge >= 0.3 is 11.9 Å². The van der Waals surface area contributed by atoms with Crippen LogP contribution in [-0.4, -0.2) is 45.7 Å². The molecule has 0 fully saturated rings. The highest BCUT2D eigenvalue weighted by molar-refractivity contribution is 5.99. The molecule has 0 aromatic rings. The molecule has 0 heterocycles. The summed E-state index contributed by atoms with van der Waals surface area (Å²) in [5, 5.41) is 0. The predicted molar refractivity (Wildman–Crippen MR) is 63.8 cm³/mol. The lowest BCUT2D eigenvalue weighted by Gasteiger charge is -2.24.